The molecular weight excluding hydrogens is 273 g/mol. The fourth-order valence-electron chi connectivity index (χ4n) is 1.16. The van der Waals surface area contributed by atoms with Crippen molar-refractivity contribution in [1.29, 1.82) is 0 Å². The lowest BCUT2D eigenvalue weighted by Crippen LogP contribution is -2.17. The van der Waals surface area contributed by atoms with Crippen LogP contribution >= 0.6 is 15.9 Å². The first-order chi connectivity index (χ1) is 6.84. The Hall–Kier alpha value is -0.840. The molecule has 0 heterocycles. The Morgan fingerprint density at radius 2 is 1.87 bits per heavy atom. The Bertz CT molecular complexity index is 371. The summed E-state index contributed by atoms with van der Waals surface area (Å²) in [5, 5.41) is 0. The highest BCUT2D eigenvalue weighted by molar-refractivity contribution is 9.10. The minimum Gasteiger partial charge on any atom is -0.293 e. The topological polar surface area (TPSA) is 17.1 Å². The monoisotopic (exact) mass is 280 g/mol. The van der Waals surface area contributed by atoms with Gasteiger partial charge in [0.05, 0.1) is 10.4 Å². The summed E-state index contributed by atoms with van der Waals surface area (Å²) in [4.78, 5) is 10.8. The summed E-state index contributed by atoms with van der Waals surface area (Å²) in [5.74, 6) is -0.567. The highest BCUT2D eigenvalue weighted by atomic mass is 79.9. The SMILES string of the molecule is C[C@@H](Br)C(=O)c1ccccc1C(F)(F)F. The number of benzene rings is 1. The van der Waals surface area contributed by atoms with Gasteiger partial charge in [0.2, 0.25) is 0 Å². The van der Waals surface area contributed by atoms with Crippen LogP contribution in [0.4, 0.5) is 13.2 Å². The smallest absolute Gasteiger partial charge is 0.293 e. The maximum absolute atomic E-state index is 12.5. The van der Waals surface area contributed by atoms with Gasteiger partial charge in [0.15, 0.2) is 5.78 Å². The minimum absolute atomic E-state index is 0.297. The maximum Gasteiger partial charge on any atom is 0.417 e. The number of ketones is 1. The molecule has 1 aromatic rings. The van der Waals surface area contributed by atoms with E-state index in [4.69, 9.17) is 0 Å². The molecule has 0 bridgehead atoms. The average Bonchev–Trinajstić information content (AvgIpc) is 2.15. The van der Waals surface area contributed by atoms with Crippen molar-refractivity contribution in [1.82, 2.24) is 0 Å². The van der Waals surface area contributed by atoms with Crippen LogP contribution in [0.3, 0.4) is 0 Å². The van der Waals surface area contributed by atoms with Crippen molar-refractivity contribution in [3.05, 3.63) is 35.4 Å². The molecule has 1 atom stereocenters. The quantitative estimate of drug-likeness (QED) is 0.597. The lowest BCUT2D eigenvalue weighted by atomic mass is 10.0. The minimum atomic E-state index is -4.49. The van der Waals surface area contributed by atoms with Crippen LogP contribution in [0.25, 0.3) is 0 Å². The van der Waals surface area contributed by atoms with Gasteiger partial charge in [0.25, 0.3) is 0 Å². The van der Waals surface area contributed by atoms with Crippen LogP contribution in [0, 0.1) is 0 Å². The standard InChI is InChI=1S/C10H8BrF3O/c1-6(11)9(15)7-4-2-3-5-8(7)10(12,13)14/h2-6H,1H3/t6-/m1/s1. The summed E-state index contributed by atoms with van der Waals surface area (Å²) < 4.78 is 37.5. The lowest BCUT2D eigenvalue weighted by Gasteiger charge is -2.12. The molecule has 0 aliphatic rings. The van der Waals surface area contributed by atoms with Crippen LogP contribution in [-0.2, 0) is 6.18 Å². The third-order valence-electron chi connectivity index (χ3n) is 1.86. The molecule has 5 heteroatoms. The molecule has 0 aliphatic carbocycles. The molecule has 0 N–H and O–H groups in total. The van der Waals surface area contributed by atoms with Crippen LogP contribution in [0.5, 0.6) is 0 Å². The molecule has 82 valence electrons. The van der Waals surface area contributed by atoms with Crippen molar-refractivity contribution in [3.63, 3.8) is 0 Å². The molecule has 0 aliphatic heterocycles. The van der Waals surface area contributed by atoms with E-state index in [0.717, 1.165) is 6.07 Å². The fourth-order valence-corrected chi connectivity index (χ4v) is 1.41. The summed E-state index contributed by atoms with van der Waals surface area (Å²) in [5.41, 5.74) is -1.18. The van der Waals surface area contributed by atoms with Gasteiger partial charge in [-0.25, -0.2) is 0 Å². The predicted octanol–water partition coefficient (Wildman–Crippen LogP) is 3.67. The van der Waals surface area contributed by atoms with E-state index < -0.39 is 22.4 Å². The molecule has 1 aromatic carbocycles. The number of rotatable bonds is 2. The normalized spacial score (nSPS) is 13.7. The molecule has 0 amide bonds. The summed E-state index contributed by atoms with van der Waals surface area (Å²) in [6.07, 6.45) is -4.49. The van der Waals surface area contributed by atoms with E-state index in [0.29, 0.717) is 0 Å². The Morgan fingerprint density at radius 3 is 2.33 bits per heavy atom. The van der Waals surface area contributed by atoms with Crippen LogP contribution in [0.1, 0.15) is 22.8 Å². The fraction of sp³-hybridized carbons (Fsp3) is 0.300. The van der Waals surface area contributed by atoms with Gasteiger partial charge in [-0.2, -0.15) is 13.2 Å². The van der Waals surface area contributed by atoms with Crippen molar-refractivity contribution in [2.75, 3.05) is 0 Å². The Labute approximate surface area is 93.4 Å². The van der Waals surface area contributed by atoms with E-state index in [-0.39, 0.29) is 5.56 Å². The third kappa shape index (κ3) is 2.81. The van der Waals surface area contributed by atoms with Crippen molar-refractivity contribution in [2.24, 2.45) is 0 Å². The molecule has 0 aromatic heterocycles. The van der Waals surface area contributed by atoms with Crippen molar-refractivity contribution in [3.8, 4) is 0 Å². The Morgan fingerprint density at radius 1 is 1.33 bits per heavy atom. The largest absolute Gasteiger partial charge is 0.417 e. The van der Waals surface area contributed by atoms with E-state index >= 15 is 0 Å². The van der Waals surface area contributed by atoms with E-state index in [1.807, 2.05) is 0 Å². The van der Waals surface area contributed by atoms with E-state index in [1.54, 1.807) is 0 Å². The van der Waals surface area contributed by atoms with Crippen LogP contribution in [-0.4, -0.2) is 10.6 Å². The van der Waals surface area contributed by atoms with Gasteiger partial charge in [-0.1, -0.05) is 34.1 Å². The molecule has 0 saturated carbocycles. The van der Waals surface area contributed by atoms with Gasteiger partial charge in [0.1, 0.15) is 0 Å². The summed E-state index contributed by atoms with van der Waals surface area (Å²) >= 11 is 2.96. The van der Waals surface area contributed by atoms with Gasteiger partial charge in [0, 0.05) is 5.56 Å². The molecule has 15 heavy (non-hydrogen) atoms. The number of Topliss-reactive ketones (excluding diaryl/α,β-unsaturated/α-hetero) is 1. The van der Waals surface area contributed by atoms with Crippen molar-refractivity contribution in [2.45, 2.75) is 17.9 Å². The second-order valence-electron chi connectivity index (χ2n) is 3.02. The molecule has 0 spiro atoms. The lowest BCUT2D eigenvalue weighted by molar-refractivity contribution is -0.137. The number of hydrogen-bond acceptors (Lipinski definition) is 1. The first kappa shape index (κ1) is 12.2. The number of carbonyl (C=O) groups is 1. The number of hydrogen-bond donors (Lipinski definition) is 0. The van der Waals surface area contributed by atoms with Crippen molar-refractivity contribution < 1.29 is 18.0 Å². The number of alkyl halides is 4. The van der Waals surface area contributed by atoms with E-state index in [9.17, 15) is 18.0 Å². The first-order valence-corrected chi connectivity index (χ1v) is 5.10. The van der Waals surface area contributed by atoms with E-state index in [2.05, 4.69) is 15.9 Å². The summed E-state index contributed by atoms with van der Waals surface area (Å²) in [6.45, 7) is 1.50. The van der Waals surface area contributed by atoms with Crippen LogP contribution in [0.15, 0.2) is 24.3 Å². The molecule has 0 fully saturated rings. The highest BCUT2D eigenvalue weighted by Crippen LogP contribution is 2.32. The Balaban J connectivity index is 3.25. The number of carbonyl (C=O) groups excluding carboxylic acids is 1. The second kappa shape index (κ2) is 4.35. The predicted molar refractivity (Wildman–Crippen MR) is 54.2 cm³/mol. The van der Waals surface area contributed by atoms with Crippen LogP contribution < -0.4 is 0 Å². The van der Waals surface area contributed by atoms with Gasteiger partial charge in [-0.3, -0.25) is 4.79 Å². The van der Waals surface area contributed by atoms with Gasteiger partial charge in [-0.05, 0) is 13.0 Å². The average molecular weight is 281 g/mol. The number of halogens is 4. The van der Waals surface area contributed by atoms with Crippen LogP contribution in [0.2, 0.25) is 0 Å². The zero-order valence-electron chi connectivity index (χ0n) is 7.81. The third-order valence-corrected chi connectivity index (χ3v) is 2.28. The highest BCUT2D eigenvalue weighted by Gasteiger charge is 2.35. The van der Waals surface area contributed by atoms with Gasteiger partial charge >= 0.3 is 6.18 Å². The second-order valence-corrected chi connectivity index (χ2v) is 4.40. The Kier molecular flexibility index (Phi) is 3.54. The zero-order valence-corrected chi connectivity index (χ0v) is 9.39. The molecule has 0 unspecified atom stereocenters. The molecule has 1 nitrogen and oxygen atoms in total. The van der Waals surface area contributed by atoms with E-state index in [1.165, 1.54) is 25.1 Å². The molecular formula is C10H8BrF3O. The first-order valence-electron chi connectivity index (χ1n) is 4.18. The van der Waals surface area contributed by atoms with Gasteiger partial charge in [-0.15, -0.1) is 0 Å². The zero-order chi connectivity index (χ0) is 11.6. The molecule has 0 radical (unpaired) electrons. The van der Waals surface area contributed by atoms with Gasteiger partial charge < -0.3 is 0 Å². The maximum atomic E-state index is 12.5. The van der Waals surface area contributed by atoms with Crippen molar-refractivity contribution >= 4 is 21.7 Å². The summed E-state index contributed by atoms with van der Waals surface area (Å²) in [6, 6.07) is 4.77. The molecule has 1 rings (SSSR count). The summed E-state index contributed by atoms with van der Waals surface area (Å²) in [7, 11) is 0. The molecule has 0 saturated heterocycles.